The molecule has 1 unspecified atom stereocenters. The Morgan fingerprint density at radius 1 is 1.18 bits per heavy atom. The van der Waals surface area contributed by atoms with Crippen LogP contribution in [-0.2, 0) is 7.05 Å². The van der Waals surface area contributed by atoms with Gasteiger partial charge in [0.15, 0.2) is 5.69 Å². The number of halogens is 1. The zero-order chi connectivity index (χ0) is 24.6. The molecule has 0 saturated heterocycles. The monoisotopic (exact) mass is 473 g/mol. The van der Waals surface area contributed by atoms with Crippen LogP contribution in [-0.4, -0.2) is 25.6 Å². The van der Waals surface area contributed by atoms with E-state index >= 15 is 0 Å². The lowest BCUT2D eigenvalue weighted by Gasteiger charge is -2.20. The van der Waals surface area contributed by atoms with Gasteiger partial charge in [0.05, 0.1) is 34.3 Å². The third-order valence-corrected chi connectivity index (χ3v) is 5.74. The first-order valence-electron chi connectivity index (χ1n) is 10.4. The first-order chi connectivity index (χ1) is 16.2. The number of carbonyl (C=O) groups is 1. The molecule has 0 aliphatic carbocycles. The van der Waals surface area contributed by atoms with Crippen molar-refractivity contribution in [2.24, 2.45) is 7.05 Å². The van der Waals surface area contributed by atoms with Gasteiger partial charge in [-0.05, 0) is 61.9 Å². The summed E-state index contributed by atoms with van der Waals surface area (Å²) in [6, 6.07) is 15.3. The van der Waals surface area contributed by atoms with Crippen LogP contribution in [0.2, 0.25) is 5.15 Å². The van der Waals surface area contributed by atoms with Gasteiger partial charge in [0, 0.05) is 18.2 Å². The molecule has 2 aromatic heterocycles. The molecule has 2 N–H and O–H groups in total. The summed E-state index contributed by atoms with van der Waals surface area (Å²) >= 11 is 5.87. The van der Waals surface area contributed by atoms with Crippen molar-refractivity contribution in [1.82, 2.24) is 14.5 Å². The van der Waals surface area contributed by atoms with Crippen LogP contribution in [0.25, 0.3) is 22.3 Å². The third kappa shape index (κ3) is 4.21. The number of nitrogens with one attached hydrogen (secondary N) is 1. The number of aryl methyl sites for hydroxylation is 1. The van der Waals surface area contributed by atoms with E-state index < -0.39 is 12.0 Å². The number of aromatic carboxylic acids is 1. The summed E-state index contributed by atoms with van der Waals surface area (Å²) in [5.74, 6) is -0.750. The van der Waals surface area contributed by atoms with E-state index in [1.165, 1.54) is 10.6 Å². The van der Waals surface area contributed by atoms with Crippen LogP contribution in [0, 0.1) is 18.3 Å². The number of benzene rings is 2. The smallest absolute Gasteiger partial charge is 0.356 e. The Labute approximate surface area is 200 Å². The number of aromatic nitrogens is 3. The van der Waals surface area contributed by atoms with Gasteiger partial charge in [0.25, 0.3) is 5.56 Å². The van der Waals surface area contributed by atoms with Crippen molar-refractivity contribution in [3.8, 4) is 17.5 Å². The van der Waals surface area contributed by atoms with Crippen LogP contribution in [0.15, 0.2) is 53.3 Å². The molecule has 4 rings (SSSR count). The normalized spacial score (nSPS) is 11.7. The van der Waals surface area contributed by atoms with Crippen molar-refractivity contribution in [3.05, 3.63) is 86.4 Å². The highest BCUT2D eigenvalue weighted by atomic mass is 35.5. The van der Waals surface area contributed by atoms with E-state index in [1.807, 2.05) is 19.9 Å². The van der Waals surface area contributed by atoms with Gasteiger partial charge >= 0.3 is 5.97 Å². The predicted molar refractivity (Wildman–Crippen MR) is 130 cm³/mol. The van der Waals surface area contributed by atoms with E-state index in [4.69, 9.17) is 21.8 Å². The molecule has 0 amide bonds. The topological polar surface area (TPSA) is 121 Å². The average molecular weight is 474 g/mol. The molecule has 9 heteroatoms. The van der Waals surface area contributed by atoms with Crippen molar-refractivity contribution >= 4 is 34.2 Å². The van der Waals surface area contributed by atoms with Crippen molar-refractivity contribution in [2.45, 2.75) is 19.9 Å². The largest absolute Gasteiger partial charge is 0.476 e. The third-order valence-electron chi connectivity index (χ3n) is 5.53. The Balaban J connectivity index is 1.88. The quantitative estimate of drug-likeness (QED) is 0.403. The van der Waals surface area contributed by atoms with Crippen molar-refractivity contribution in [2.75, 3.05) is 5.32 Å². The van der Waals surface area contributed by atoms with Crippen molar-refractivity contribution < 1.29 is 9.90 Å². The molecule has 0 fully saturated rings. The van der Waals surface area contributed by atoms with Crippen molar-refractivity contribution in [3.63, 3.8) is 0 Å². The molecule has 34 heavy (non-hydrogen) atoms. The molecule has 0 spiro atoms. The standard InChI is InChI=1S/C25H20ClN5O3/c1-13-10-17(14(2)28-19-8-9-20(26)29-22(19)25(33)34)21-18(11-13)24(32)31(3)23(30-21)16-6-4-15(12-27)5-7-16/h4-11,14,28H,1-3H3,(H,33,34). The van der Waals surface area contributed by atoms with Gasteiger partial charge in [-0.25, -0.2) is 14.8 Å². The Bertz CT molecular complexity index is 1540. The maximum absolute atomic E-state index is 13.3. The fourth-order valence-corrected chi connectivity index (χ4v) is 4.01. The minimum absolute atomic E-state index is 0.0776. The van der Waals surface area contributed by atoms with Gasteiger partial charge in [-0.3, -0.25) is 9.36 Å². The highest BCUT2D eigenvalue weighted by Gasteiger charge is 2.20. The van der Waals surface area contributed by atoms with E-state index in [0.717, 1.165) is 11.1 Å². The second-order valence-electron chi connectivity index (χ2n) is 7.94. The van der Waals surface area contributed by atoms with Crippen LogP contribution in [0.4, 0.5) is 5.69 Å². The molecule has 0 bridgehead atoms. The van der Waals surface area contributed by atoms with Crippen LogP contribution in [0.5, 0.6) is 0 Å². The zero-order valence-corrected chi connectivity index (χ0v) is 19.4. The molecule has 4 aromatic rings. The van der Waals surface area contributed by atoms with E-state index in [2.05, 4.69) is 16.4 Å². The number of nitriles is 1. The predicted octanol–water partition coefficient (Wildman–Crippen LogP) is 4.70. The van der Waals surface area contributed by atoms with Gasteiger partial charge in [-0.15, -0.1) is 0 Å². The highest BCUT2D eigenvalue weighted by molar-refractivity contribution is 6.29. The van der Waals surface area contributed by atoms with E-state index in [9.17, 15) is 14.7 Å². The van der Waals surface area contributed by atoms with E-state index in [1.54, 1.807) is 43.4 Å². The minimum Gasteiger partial charge on any atom is -0.476 e. The summed E-state index contributed by atoms with van der Waals surface area (Å²) in [7, 11) is 1.66. The second-order valence-corrected chi connectivity index (χ2v) is 8.33. The number of carboxylic acid groups (broad SMARTS) is 1. The number of fused-ring (bicyclic) bond motifs is 1. The van der Waals surface area contributed by atoms with E-state index in [0.29, 0.717) is 33.5 Å². The molecule has 1 atom stereocenters. The zero-order valence-electron chi connectivity index (χ0n) is 18.6. The molecule has 0 aliphatic rings. The van der Waals surface area contributed by atoms with Gasteiger partial charge in [0.1, 0.15) is 11.0 Å². The Hall–Kier alpha value is -4.22. The first kappa shape index (κ1) is 23.0. The van der Waals surface area contributed by atoms with Crippen LogP contribution in [0.3, 0.4) is 0 Å². The van der Waals surface area contributed by atoms with Gasteiger partial charge in [-0.2, -0.15) is 5.26 Å². The Kier molecular flexibility index (Phi) is 6.05. The highest BCUT2D eigenvalue weighted by Crippen LogP contribution is 2.29. The molecule has 0 radical (unpaired) electrons. The summed E-state index contributed by atoms with van der Waals surface area (Å²) < 4.78 is 1.48. The number of hydrogen-bond donors (Lipinski definition) is 2. The first-order valence-corrected chi connectivity index (χ1v) is 10.8. The number of rotatable bonds is 5. The molecular formula is C25H20ClN5O3. The molecule has 0 saturated carbocycles. The summed E-state index contributed by atoms with van der Waals surface area (Å²) in [4.78, 5) is 33.6. The molecule has 2 aromatic carbocycles. The van der Waals surface area contributed by atoms with Crippen LogP contribution < -0.4 is 10.9 Å². The summed E-state index contributed by atoms with van der Waals surface area (Å²) in [6.45, 7) is 3.74. The minimum atomic E-state index is -1.21. The lowest BCUT2D eigenvalue weighted by molar-refractivity contribution is 0.0691. The Morgan fingerprint density at radius 3 is 2.53 bits per heavy atom. The average Bonchev–Trinajstić information content (AvgIpc) is 2.82. The fourth-order valence-electron chi connectivity index (χ4n) is 3.86. The maximum Gasteiger partial charge on any atom is 0.356 e. The lowest BCUT2D eigenvalue weighted by Crippen LogP contribution is -2.22. The molecule has 170 valence electrons. The van der Waals surface area contributed by atoms with Crippen LogP contribution >= 0.6 is 11.6 Å². The summed E-state index contributed by atoms with van der Waals surface area (Å²) in [5.41, 5.74) is 3.21. The summed E-state index contributed by atoms with van der Waals surface area (Å²) in [5, 5.41) is 22.3. The fraction of sp³-hybridized carbons (Fsp3) is 0.160. The number of anilines is 1. The van der Waals surface area contributed by atoms with Gasteiger partial charge < -0.3 is 10.4 Å². The van der Waals surface area contributed by atoms with Gasteiger partial charge in [-0.1, -0.05) is 17.7 Å². The molecular weight excluding hydrogens is 454 g/mol. The maximum atomic E-state index is 13.3. The van der Waals surface area contributed by atoms with Crippen LogP contribution in [0.1, 0.15) is 40.1 Å². The Morgan fingerprint density at radius 2 is 1.88 bits per heavy atom. The van der Waals surface area contributed by atoms with Gasteiger partial charge in [0.2, 0.25) is 0 Å². The number of hydrogen-bond acceptors (Lipinski definition) is 6. The summed E-state index contributed by atoms with van der Waals surface area (Å²) in [6.07, 6.45) is 0. The van der Waals surface area contributed by atoms with Crippen molar-refractivity contribution in [1.29, 1.82) is 5.26 Å². The second kappa shape index (κ2) is 8.96. The number of carboxylic acids is 1. The lowest BCUT2D eigenvalue weighted by atomic mass is 10.0. The molecule has 2 heterocycles. The molecule has 0 aliphatic heterocycles. The number of nitrogens with zero attached hydrogens (tertiary/aromatic N) is 4. The SMILES string of the molecule is Cc1cc(C(C)Nc2ccc(Cl)nc2C(=O)O)c2nc(-c3ccc(C#N)cc3)n(C)c(=O)c2c1. The number of pyridine rings is 1. The molecule has 8 nitrogen and oxygen atoms in total. The van der Waals surface area contributed by atoms with E-state index in [-0.39, 0.29) is 16.4 Å².